The van der Waals surface area contributed by atoms with Gasteiger partial charge in [0.1, 0.15) is 13.0 Å². The molecule has 0 fully saturated rings. The number of aliphatic hydroxyl groups excluding tert-OH is 1. The van der Waals surface area contributed by atoms with Crippen LogP contribution in [-0.2, 0) is 19.1 Å². The van der Waals surface area contributed by atoms with Crippen molar-refractivity contribution < 1.29 is 24.2 Å². The van der Waals surface area contributed by atoms with E-state index in [2.05, 4.69) is 4.74 Å². The van der Waals surface area contributed by atoms with Crippen LogP contribution in [0.1, 0.15) is 19.8 Å². The van der Waals surface area contributed by atoms with Crippen molar-refractivity contribution in [2.24, 2.45) is 0 Å². The molecule has 0 radical (unpaired) electrons. The van der Waals surface area contributed by atoms with E-state index in [-0.39, 0.29) is 6.61 Å². The highest BCUT2D eigenvalue weighted by Crippen LogP contribution is 1.94. The average molecular weight is 188 g/mol. The first-order valence-corrected chi connectivity index (χ1v) is 3.90. The maximum Gasteiger partial charge on any atom is 0.313 e. The third-order valence-electron chi connectivity index (χ3n) is 1.22. The van der Waals surface area contributed by atoms with Gasteiger partial charge in [-0.25, -0.2) is 0 Å². The van der Waals surface area contributed by atoms with Crippen molar-refractivity contribution in [3.63, 3.8) is 0 Å². The molecule has 0 atom stereocenters. The summed E-state index contributed by atoms with van der Waals surface area (Å²) in [7, 11) is 0. The molecule has 5 heteroatoms. The second kappa shape index (κ2) is 6.30. The molecule has 0 aromatic heterocycles. The predicted octanol–water partition coefficient (Wildman–Crippen LogP) is -0.540. The lowest BCUT2D eigenvalue weighted by Gasteiger charge is -1.99. The zero-order valence-corrected chi connectivity index (χ0v) is 7.41. The minimum absolute atomic E-state index is 0.208. The number of esters is 1. The molecule has 0 saturated carbocycles. The lowest BCUT2D eigenvalue weighted by atomic mass is 10.1. The quantitative estimate of drug-likeness (QED) is 0.447. The van der Waals surface area contributed by atoms with Crippen LogP contribution in [0.25, 0.3) is 0 Å². The normalized spacial score (nSPS) is 9.38. The fourth-order valence-electron chi connectivity index (χ4n) is 0.711. The van der Waals surface area contributed by atoms with Gasteiger partial charge in [-0.3, -0.25) is 14.4 Å². The second-order valence-electron chi connectivity index (χ2n) is 2.39. The Hall–Kier alpha value is -1.23. The zero-order valence-electron chi connectivity index (χ0n) is 7.41. The first-order chi connectivity index (χ1) is 6.10. The molecule has 0 spiro atoms. The molecule has 1 N–H and O–H groups in total. The molecular formula is C8H12O5. The van der Waals surface area contributed by atoms with Crippen LogP contribution in [0.3, 0.4) is 0 Å². The van der Waals surface area contributed by atoms with Crippen molar-refractivity contribution in [2.75, 3.05) is 13.2 Å². The van der Waals surface area contributed by atoms with Gasteiger partial charge in [-0.2, -0.15) is 0 Å². The SMILES string of the molecule is CCOC(=O)CC(=O)CC(=O)CO. The van der Waals surface area contributed by atoms with Gasteiger partial charge in [0.2, 0.25) is 0 Å². The molecule has 0 bridgehead atoms. The predicted molar refractivity (Wildman–Crippen MR) is 43.0 cm³/mol. The highest BCUT2D eigenvalue weighted by molar-refractivity contribution is 6.05. The molecule has 0 saturated heterocycles. The molecule has 0 aliphatic heterocycles. The van der Waals surface area contributed by atoms with E-state index in [0.717, 1.165) is 0 Å². The van der Waals surface area contributed by atoms with Crippen molar-refractivity contribution in [1.82, 2.24) is 0 Å². The number of hydrogen-bond donors (Lipinski definition) is 1. The Morgan fingerprint density at radius 3 is 2.23 bits per heavy atom. The van der Waals surface area contributed by atoms with Gasteiger partial charge in [0.25, 0.3) is 0 Å². The summed E-state index contributed by atoms with van der Waals surface area (Å²) in [6.45, 7) is 1.16. The Kier molecular flexibility index (Phi) is 5.71. The number of hydrogen-bond acceptors (Lipinski definition) is 5. The Morgan fingerprint density at radius 2 is 1.77 bits per heavy atom. The summed E-state index contributed by atoms with van der Waals surface area (Å²) in [5.41, 5.74) is 0. The minimum Gasteiger partial charge on any atom is -0.466 e. The fourth-order valence-corrected chi connectivity index (χ4v) is 0.711. The van der Waals surface area contributed by atoms with Crippen molar-refractivity contribution >= 4 is 17.5 Å². The van der Waals surface area contributed by atoms with Gasteiger partial charge in [-0.1, -0.05) is 0 Å². The average Bonchev–Trinajstić information content (AvgIpc) is 2.04. The van der Waals surface area contributed by atoms with Crippen LogP contribution >= 0.6 is 0 Å². The lowest BCUT2D eigenvalue weighted by molar-refractivity contribution is -0.145. The van der Waals surface area contributed by atoms with Crippen LogP contribution in [0.2, 0.25) is 0 Å². The molecule has 5 nitrogen and oxygen atoms in total. The first kappa shape index (κ1) is 11.8. The van der Waals surface area contributed by atoms with Crippen LogP contribution in [-0.4, -0.2) is 35.9 Å². The van der Waals surface area contributed by atoms with Gasteiger partial charge in [-0.15, -0.1) is 0 Å². The summed E-state index contributed by atoms with van der Waals surface area (Å²) < 4.78 is 4.49. The van der Waals surface area contributed by atoms with Crippen molar-refractivity contribution in [1.29, 1.82) is 0 Å². The summed E-state index contributed by atoms with van der Waals surface area (Å²) in [4.78, 5) is 32.1. The number of aliphatic hydroxyl groups is 1. The molecule has 0 amide bonds. The van der Waals surface area contributed by atoms with Crippen molar-refractivity contribution in [3.05, 3.63) is 0 Å². The van der Waals surface area contributed by atoms with E-state index in [1.165, 1.54) is 0 Å². The molecule has 0 aliphatic carbocycles. The maximum atomic E-state index is 10.9. The number of rotatable bonds is 6. The van der Waals surface area contributed by atoms with E-state index >= 15 is 0 Å². The van der Waals surface area contributed by atoms with E-state index in [9.17, 15) is 14.4 Å². The smallest absolute Gasteiger partial charge is 0.313 e. The Balaban J connectivity index is 3.74. The molecule has 0 aromatic carbocycles. The summed E-state index contributed by atoms with van der Waals surface area (Å²) in [6, 6.07) is 0. The van der Waals surface area contributed by atoms with E-state index in [1.807, 2.05) is 0 Å². The monoisotopic (exact) mass is 188 g/mol. The fraction of sp³-hybridized carbons (Fsp3) is 0.625. The number of ketones is 2. The number of carbonyl (C=O) groups excluding carboxylic acids is 3. The topological polar surface area (TPSA) is 80.7 Å². The molecular weight excluding hydrogens is 176 g/mol. The summed E-state index contributed by atoms with van der Waals surface area (Å²) in [5, 5.41) is 8.30. The van der Waals surface area contributed by atoms with Crippen LogP contribution in [0, 0.1) is 0 Å². The molecule has 0 heterocycles. The molecule has 0 aromatic rings. The van der Waals surface area contributed by atoms with E-state index in [4.69, 9.17) is 5.11 Å². The lowest BCUT2D eigenvalue weighted by Crippen LogP contribution is -2.16. The molecule has 0 rings (SSSR count). The van der Waals surface area contributed by atoms with Gasteiger partial charge in [0.05, 0.1) is 13.0 Å². The first-order valence-electron chi connectivity index (χ1n) is 3.90. The summed E-state index contributed by atoms with van der Waals surface area (Å²) in [5.74, 6) is -1.76. The third-order valence-corrected chi connectivity index (χ3v) is 1.22. The largest absolute Gasteiger partial charge is 0.466 e. The minimum atomic E-state index is -0.672. The highest BCUT2D eigenvalue weighted by atomic mass is 16.5. The van der Waals surface area contributed by atoms with Crippen LogP contribution in [0.15, 0.2) is 0 Å². The van der Waals surface area contributed by atoms with Gasteiger partial charge in [0, 0.05) is 0 Å². The van der Waals surface area contributed by atoms with Crippen LogP contribution in [0.5, 0.6) is 0 Å². The molecule has 0 unspecified atom stereocenters. The van der Waals surface area contributed by atoms with E-state index < -0.39 is 37.0 Å². The van der Waals surface area contributed by atoms with Crippen molar-refractivity contribution in [3.8, 4) is 0 Å². The number of carbonyl (C=O) groups is 3. The Bertz CT molecular complexity index is 209. The second-order valence-corrected chi connectivity index (χ2v) is 2.39. The number of Topliss-reactive ketones (excluding diaryl/α,β-unsaturated/α-hetero) is 2. The molecule has 13 heavy (non-hydrogen) atoms. The highest BCUT2D eigenvalue weighted by Gasteiger charge is 2.13. The zero-order chi connectivity index (χ0) is 10.3. The van der Waals surface area contributed by atoms with Crippen LogP contribution < -0.4 is 0 Å². The summed E-state index contributed by atoms with van der Waals surface area (Å²) >= 11 is 0. The maximum absolute atomic E-state index is 10.9. The molecule has 74 valence electrons. The van der Waals surface area contributed by atoms with Gasteiger partial charge in [0.15, 0.2) is 11.6 Å². The summed E-state index contributed by atoms with van der Waals surface area (Å²) in [6.07, 6.45) is -0.811. The van der Waals surface area contributed by atoms with Crippen LogP contribution in [0.4, 0.5) is 0 Å². The Morgan fingerprint density at radius 1 is 1.15 bits per heavy atom. The third kappa shape index (κ3) is 5.98. The Labute approximate surface area is 75.7 Å². The van der Waals surface area contributed by atoms with E-state index in [0.29, 0.717) is 0 Å². The van der Waals surface area contributed by atoms with E-state index in [1.54, 1.807) is 6.92 Å². The van der Waals surface area contributed by atoms with Gasteiger partial charge >= 0.3 is 5.97 Å². The van der Waals surface area contributed by atoms with Gasteiger partial charge < -0.3 is 9.84 Å². The van der Waals surface area contributed by atoms with Crippen molar-refractivity contribution in [2.45, 2.75) is 19.8 Å². The van der Waals surface area contributed by atoms with Gasteiger partial charge in [-0.05, 0) is 6.92 Å². The molecule has 0 aliphatic rings. The standard InChI is InChI=1S/C8H12O5/c1-2-13-8(12)4-6(10)3-7(11)5-9/h9H,2-5H2,1H3. The number of ether oxygens (including phenoxy) is 1.